The van der Waals surface area contributed by atoms with E-state index in [1.165, 1.54) is 25.9 Å². The van der Waals surface area contributed by atoms with Gasteiger partial charge in [0.2, 0.25) is 0 Å². The molecule has 1 amide bonds. The molecule has 1 fully saturated rings. The van der Waals surface area contributed by atoms with Crippen molar-refractivity contribution in [1.82, 2.24) is 10.3 Å². The normalized spacial score (nSPS) is 17.0. The number of nitrogens with one attached hydrogen (secondary N) is 1. The SMILES string of the molecule is O=C(NCC1CC[NH2+]CC1)c1ccncc1. The van der Waals surface area contributed by atoms with Crippen molar-refractivity contribution in [2.45, 2.75) is 12.8 Å². The molecule has 4 nitrogen and oxygen atoms in total. The molecular formula is C12H18N3O+. The summed E-state index contributed by atoms with van der Waals surface area (Å²) in [6, 6.07) is 3.48. The van der Waals surface area contributed by atoms with Crippen LogP contribution in [0.2, 0.25) is 0 Å². The number of nitrogens with zero attached hydrogens (tertiary/aromatic N) is 1. The molecule has 4 heteroatoms. The first-order chi connectivity index (χ1) is 7.86. The third kappa shape index (κ3) is 3.03. The molecule has 2 heterocycles. The monoisotopic (exact) mass is 220 g/mol. The largest absolute Gasteiger partial charge is 0.352 e. The summed E-state index contributed by atoms with van der Waals surface area (Å²) in [6.07, 6.45) is 5.70. The van der Waals surface area contributed by atoms with Crippen molar-refractivity contribution in [2.75, 3.05) is 19.6 Å². The van der Waals surface area contributed by atoms with Crippen LogP contribution in [0, 0.1) is 5.92 Å². The summed E-state index contributed by atoms with van der Waals surface area (Å²) in [4.78, 5) is 15.6. The summed E-state index contributed by atoms with van der Waals surface area (Å²) in [5.41, 5.74) is 0.692. The highest BCUT2D eigenvalue weighted by Gasteiger charge is 2.16. The Kier molecular flexibility index (Phi) is 3.88. The lowest BCUT2D eigenvalue weighted by molar-refractivity contribution is -0.664. The first-order valence-corrected chi connectivity index (χ1v) is 5.86. The molecule has 86 valence electrons. The summed E-state index contributed by atoms with van der Waals surface area (Å²) in [6.45, 7) is 3.18. The van der Waals surface area contributed by atoms with Gasteiger partial charge in [-0.25, -0.2) is 0 Å². The van der Waals surface area contributed by atoms with Gasteiger partial charge in [0.1, 0.15) is 0 Å². The number of pyridine rings is 1. The van der Waals surface area contributed by atoms with E-state index in [0.717, 1.165) is 6.54 Å². The number of amides is 1. The number of carbonyl (C=O) groups is 1. The fourth-order valence-electron chi connectivity index (χ4n) is 2.04. The number of piperidine rings is 1. The van der Waals surface area contributed by atoms with Gasteiger partial charge in [-0.1, -0.05) is 0 Å². The lowest BCUT2D eigenvalue weighted by Crippen LogP contribution is -2.86. The number of aromatic nitrogens is 1. The van der Waals surface area contributed by atoms with Crippen molar-refractivity contribution in [3.63, 3.8) is 0 Å². The molecule has 0 unspecified atom stereocenters. The number of hydrogen-bond acceptors (Lipinski definition) is 2. The van der Waals surface area contributed by atoms with Gasteiger partial charge in [-0.15, -0.1) is 0 Å². The van der Waals surface area contributed by atoms with Gasteiger partial charge in [-0.2, -0.15) is 0 Å². The van der Waals surface area contributed by atoms with Crippen LogP contribution < -0.4 is 10.6 Å². The number of carbonyl (C=O) groups excluding carboxylic acids is 1. The smallest absolute Gasteiger partial charge is 0.251 e. The van der Waals surface area contributed by atoms with Crippen LogP contribution in [0.3, 0.4) is 0 Å². The highest BCUT2D eigenvalue weighted by atomic mass is 16.1. The summed E-state index contributed by atoms with van der Waals surface area (Å²) < 4.78 is 0. The molecule has 2 rings (SSSR count). The van der Waals surface area contributed by atoms with Crippen molar-refractivity contribution in [1.29, 1.82) is 0 Å². The van der Waals surface area contributed by atoms with E-state index >= 15 is 0 Å². The van der Waals surface area contributed by atoms with Crippen LogP contribution in [0.25, 0.3) is 0 Å². The van der Waals surface area contributed by atoms with Crippen molar-refractivity contribution in [2.24, 2.45) is 5.92 Å². The van der Waals surface area contributed by atoms with Crippen LogP contribution in [-0.2, 0) is 0 Å². The zero-order valence-corrected chi connectivity index (χ0v) is 9.36. The third-order valence-electron chi connectivity index (χ3n) is 3.05. The summed E-state index contributed by atoms with van der Waals surface area (Å²) in [5.74, 6) is 0.660. The van der Waals surface area contributed by atoms with Crippen LogP contribution in [0.15, 0.2) is 24.5 Å². The van der Waals surface area contributed by atoms with E-state index in [-0.39, 0.29) is 5.91 Å². The average molecular weight is 220 g/mol. The number of hydrogen-bond donors (Lipinski definition) is 2. The van der Waals surface area contributed by atoms with Gasteiger partial charge >= 0.3 is 0 Å². The van der Waals surface area contributed by atoms with Crippen LogP contribution in [0.4, 0.5) is 0 Å². The lowest BCUT2D eigenvalue weighted by atomic mass is 9.98. The van der Waals surface area contributed by atoms with Crippen molar-refractivity contribution in [3.05, 3.63) is 30.1 Å². The van der Waals surface area contributed by atoms with Gasteiger partial charge in [0.25, 0.3) is 5.91 Å². The van der Waals surface area contributed by atoms with Gasteiger partial charge < -0.3 is 10.6 Å². The summed E-state index contributed by atoms with van der Waals surface area (Å²) in [5, 5.41) is 5.32. The van der Waals surface area contributed by atoms with E-state index in [0.29, 0.717) is 11.5 Å². The van der Waals surface area contributed by atoms with Crippen LogP contribution >= 0.6 is 0 Å². The molecule has 16 heavy (non-hydrogen) atoms. The predicted octanol–water partition coefficient (Wildman–Crippen LogP) is -0.215. The zero-order valence-electron chi connectivity index (χ0n) is 9.36. The quantitative estimate of drug-likeness (QED) is 0.740. The Hall–Kier alpha value is -1.42. The number of rotatable bonds is 3. The molecule has 3 N–H and O–H groups in total. The maximum Gasteiger partial charge on any atom is 0.251 e. The summed E-state index contributed by atoms with van der Waals surface area (Å²) >= 11 is 0. The van der Waals surface area contributed by atoms with Crippen molar-refractivity contribution >= 4 is 5.91 Å². The highest BCUT2D eigenvalue weighted by Crippen LogP contribution is 2.07. The standard InChI is InChI=1S/C12H17N3O/c16-12(11-3-7-14-8-4-11)15-9-10-1-5-13-6-2-10/h3-4,7-8,10,13H,1-2,5-6,9H2,(H,15,16)/p+1. The van der Waals surface area contributed by atoms with Crippen LogP contribution in [0.5, 0.6) is 0 Å². The molecule has 0 radical (unpaired) electrons. The molecular weight excluding hydrogens is 202 g/mol. The highest BCUT2D eigenvalue weighted by molar-refractivity contribution is 5.93. The van der Waals surface area contributed by atoms with E-state index in [1.807, 2.05) is 0 Å². The van der Waals surface area contributed by atoms with E-state index in [9.17, 15) is 4.79 Å². The van der Waals surface area contributed by atoms with E-state index in [4.69, 9.17) is 0 Å². The van der Waals surface area contributed by atoms with Gasteiger partial charge in [0.05, 0.1) is 13.1 Å². The molecule has 1 aromatic rings. The Labute approximate surface area is 95.5 Å². The summed E-state index contributed by atoms with van der Waals surface area (Å²) in [7, 11) is 0. The Morgan fingerprint density at radius 1 is 1.38 bits per heavy atom. The van der Waals surface area contributed by atoms with E-state index < -0.39 is 0 Å². The van der Waals surface area contributed by atoms with Gasteiger partial charge in [0.15, 0.2) is 0 Å². The molecule has 1 aliphatic heterocycles. The maximum absolute atomic E-state index is 11.7. The van der Waals surface area contributed by atoms with Crippen LogP contribution in [0.1, 0.15) is 23.2 Å². The number of quaternary nitrogens is 1. The second-order valence-electron chi connectivity index (χ2n) is 4.26. The number of nitrogens with two attached hydrogens (primary N) is 1. The minimum absolute atomic E-state index is 0.0111. The zero-order chi connectivity index (χ0) is 11.2. The third-order valence-corrected chi connectivity index (χ3v) is 3.05. The molecule has 1 saturated heterocycles. The fourth-order valence-corrected chi connectivity index (χ4v) is 2.04. The molecule has 0 aromatic carbocycles. The molecule has 0 spiro atoms. The molecule has 0 aliphatic carbocycles. The topological polar surface area (TPSA) is 58.6 Å². The molecule has 0 bridgehead atoms. The van der Waals surface area contributed by atoms with Gasteiger partial charge in [-0.05, 0) is 18.1 Å². The average Bonchev–Trinajstić information content (AvgIpc) is 2.38. The van der Waals surface area contributed by atoms with Crippen LogP contribution in [-0.4, -0.2) is 30.5 Å². The van der Waals surface area contributed by atoms with Gasteiger partial charge in [-0.3, -0.25) is 9.78 Å². The first-order valence-electron chi connectivity index (χ1n) is 5.86. The minimum Gasteiger partial charge on any atom is -0.352 e. The van der Waals surface area contributed by atoms with Gasteiger partial charge in [0, 0.05) is 37.3 Å². The Morgan fingerprint density at radius 3 is 2.75 bits per heavy atom. The Balaban J connectivity index is 1.79. The molecule has 1 aliphatic rings. The van der Waals surface area contributed by atoms with E-state index in [2.05, 4.69) is 15.6 Å². The lowest BCUT2D eigenvalue weighted by Gasteiger charge is -2.20. The van der Waals surface area contributed by atoms with Crippen molar-refractivity contribution < 1.29 is 10.1 Å². The second-order valence-corrected chi connectivity index (χ2v) is 4.26. The second kappa shape index (κ2) is 5.61. The Bertz CT molecular complexity index is 333. The van der Waals surface area contributed by atoms with E-state index in [1.54, 1.807) is 24.5 Å². The maximum atomic E-state index is 11.7. The Morgan fingerprint density at radius 2 is 2.06 bits per heavy atom. The fraction of sp³-hybridized carbons (Fsp3) is 0.500. The minimum atomic E-state index is 0.0111. The van der Waals surface area contributed by atoms with Crippen molar-refractivity contribution in [3.8, 4) is 0 Å². The predicted molar refractivity (Wildman–Crippen MR) is 61.0 cm³/mol. The molecule has 0 saturated carbocycles. The first kappa shape index (κ1) is 11.1. The molecule has 1 aromatic heterocycles. The molecule has 0 atom stereocenters.